The highest BCUT2D eigenvalue weighted by molar-refractivity contribution is 7.09. The van der Waals surface area contributed by atoms with Gasteiger partial charge in [-0.2, -0.15) is 4.37 Å². The van der Waals surface area contributed by atoms with Crippen molar-refractivity contribution in [2.75, 3.05) is 11.1 Å². The summed E-state index contributed by atoms with van der Waals surface area (Å²) in [6, 6.07) is 6.86. The third-order valence-electron chi connectivity index (χ3n) is 2.51. The van der Waals surface area contributed by atoms with Crippen LogP contribution in [0.1, 0.15) is 16.4 Å². The van der Waals surface area contributed by atoms with E-state index in [2.05, 4.69) is 14.7 Å². The van der Waals surface area contributed by atoms with Crippen molar-refractivity contribution in [3.63, 3.8) is 0 Å². The molecule has 0 bridgehead atoms. The van der Waals surface area contributed by atoms with Gasteiger partial charge in [0.1, 0.15) is 11.4 Å². The SMILES string of the molecule is Cc1nsc(NC(=O)c2cc3cc(N)ccc3o2)n1. The van der Waals surface area contributed by atoms with E-state index < -0.39 is 0 Å². The minimum absolute atomic E-state index is 0.216. The van der Waals surface area contributed by atoms with Crippen molar-refractivity contribution in [2.24, 2.45) is 0 Å². The monoisotopic (exact) mass is 274 g/mol. The molecule has 6 nitrogen and oxygen atoms in total. The van der Waals surface area contributed by atoms with E-state index in [1.807, 2.05) is 0 Å². The number of aryl methyl sites for hydroxylation is 1. The molecule has 0 radical (unpaired) electrons. The molecule has 0 saturated heterocycles. The smallest absolute Gasteiger partial charge is 0.293 e. The van der Waals surface area contributed by atoms with E-state index >= 15 is 0 Å². The maximum Gasteiger partial charge on any atom is 0.293 e. The minimum atomic E-state index is -0.356. The topological polar surface area (TPSA) is 94.0 Å². The number of nitrogens with two attached hydrogens (primary N) is 1. The van der Waals surface area contributed by atoms with Crippen LogP contribution in [0, 0.1) is 6.92 Å². The molecular formula is C12H10N4O2S. The van der Waals surface area contributed by atoms with Crippen LogP contribution in [0.4, 0.5) is 10.8 Å². The molecular weight excluding hydrogens is 264 g/mol. The highest BCUT2D eigenvalue weighted by atomic mass is 32.1. The maximum absolute atomic E-state index is 12.0. The molecule has 3 N–H and O–H groups in total. The van der Waals surface area contributed by atoms with Crippen molar-refractivity contribution in [1.29, 1.82) is 0 Å². The first-order valence-corrected chi connectivity index (χ1v) is 6.30. The number of fused-ring (bicyclic) bond motifs is 1. The normalized spacial score (nSPS) is 10.8. The van der Waals surface area contributed by atoms with Crippen molar-refractivity contribution in [3.8, 4) is 0 Å². The van der Waals surface area contributed by atoms with Gasteiger partial charge in [0, 0.05) is 22.6 Å². The van der Waals surface area contributed by atoms with Crippen molar-refractivity contribution < 1.29 is 9.21 Å². The van der Waals surface area contributed by atoms with Crippen LogP contribution in [-0.2, 0) is 0 Å². The van der Waals surface area contributed by atoms with Crippen LogP contribution in [0.15, 0.2) is 28.7 Å². The molecule has 3 aromatic rings. The van der Waals surface area contributed by atoms with E-state index in [1.54, 1.807) is 31.2 Å². The molecule has 2 aromatic heterocycles. The van der Waals surface area contributed by atoms with Gasteiger partial charge in [-0.3, -0.25) is 10.1 Å². The standard InChI is InChI=1S/C12H10N4O2S/c1-6-14-12(19-16-6)15-11(17)10-5-7-4-8(13)2-3-9(7)18-10/h2-5H,13H2,1H3,(H,14,15,16,17). The van der Waals surface area contributed by atoms with Gasteiger partial charge in [0.15, 0.2) is 5.76 Å². The number of hydrogen-bond acceptors (Lipinski definition) is 6. The van der Waals surface area contributed by atoms with Crippen LogP contribution in [0.5, 0.6) is 0 Å². The number of furan rings is 1. The highest BCUT2D eigenvalue weighted by Gasteiger charge is 2.14. The average Bonchev–Trinajstić information content (AvgIpc) is 2.95. The Labute approximate surface area is 112 Å². The summed E-state index contributed by atoms with van der Waals surface area (Å²) in [5, 5.41) is 3.87. The molecule has 7 heteroatoms. The summed E-state index contributed by atoms with van der Waals surface area (Å²) in [5.74, 6) is 0.483. The third kappa shape index (κ3) is 2.27. The molecule has 3 rings (SSSR count). The summed E-state index contributed by atoms with van der Waals surface area (Å²) in [7, 11) is 0. The average molecular weight is 274 g/mol. The number of carbonyl (C=O) groups is 1. The van der Waals surface area contributed by atoms with E-state index in [9.17, 15) is 4.79 Å². The number of nitrogens with one attached hydrogen (secondary N) is 1. The van der Waals surface area contributed by atoms with Gasteiger partial charge in [-0.05, 0) is 31.2 Å². The Morgan fingerprint density at radius 3 is 3.00 bits per heavy atom. The zero-order valence-electron chi connectivity index (χ0n) is 10.0. The molecule has 96 valence electrons. The fourth-order valence-corrected chi connectivity index (χ4v) is 2.25. The molecule has 0 aliphatic rings. The van der Waals surface area contributed by atoms with Crippen molar-refractivity contribution in [1.82, 2.24) is 9.36 Å². The summed E-state index contributed by atoms with van der Waals surface area (Å²) in [5.41, 5.74) is 6.92. The Hall–Kier alpha value is -2.41. The van der Waals surface area contributed by atoms with Crippen molar-refractivity contribution >= 4 is 39.2 Å². The number of carbonyl (C=O) groups excluding carboxylic acids is 1. The lowest BCUT2D eigenvalue weighted by Crippen LogP contribution is -2.10. The first-order valence-electron chi connectivity index (χ1n) is 5.52. The van der Waals surface area contributed by atoms with E-state index in [0.717, 1.165) is 16.9 Å². The van der Waals surface area contributed by atoms with Crippen LogP contribution in [0.2, 0.25) is 0 Å². The second-order valence-corrected chi connectivity index (χ2v) is 4.76. The number of aromatic nitrogens is 2. The van der Waals surface area contributed by atoms with Crippen molar-refractivity contribution in [3.05, 3.63) is 35.9 Å². The number of benzene rings is 1. The second kappa shape index (κ2) is 4.36. The van der Waals surface area contributed by atoms with Crippen LogP contribution >= 0.6 is 11.5 Å². The number of rotatable bonds is 2. The number of nitrogen functional groups attached to an aromatic ring is 1. The van der Waals surface area contributed by atoms with E-state index in [0.29, 0.717) is 22.2 Å². The zero-order valence-corrected chi connectivity index (χ0v) is 10.8. The Balaban J connectivity index is 1.89. The molecule has 0 atom stereocenters. The molecule has 19 heavy (non-hydrogen) atoms. The predicted molar refractivity (Wildman–Crippen MR) is 73.2 cm³/mol. The summed E-state index contributed by atoms with van der Waals surface area (Å²) in [4.78, 5) is 16.0. The lowest BCUT2D eigenvalue weighted by Gasteiger charge is -1.95. The first-order chi connectivity index (χ1) is 9.11. The van der Waals surface area contributed by atoms with Gasteiger partial charge >= 0.3 is 0 Å². The van der Waals surface area contributed by atoms with Gasteiger partial charge < -0.3 is 10.2 Å². The Bertz CT molecular complexity index is 762. The Kier molecular flexibility index (Phi) is 2.68. The fraction of sp³-hybridized carbons (Fsp3) is 0.0833. The molecule has 2 heterocycles. The van der Waals surface area contributed by atoms with E-state index in [-0.39, 0.29) is 11.7 Å². The second-order valence-electron chi connectivity index (χ2n) is 4.01. The minimum Gasteiger partial charge on any atom is -0.451 e. The van der Waals surface area contributed by atoms with Crippen LogP contribution in [0.25, 0.3) is 11.0 Å². The maximum atomic E-state index is 12.0. The van der Waals surface area contributed by atoms with Gasteiger partial charge in [0.25, 0.3) is 5.91 Å². The zero-order chi connectivity index (χ0) is 13.4. The predicted octanol–water partition coefficient (Wildman–Crippen LogP) is 2.43. The van der Waals surface area contributed by atoms with Gasteiger partial charge in [-0.1, -0.05) is 0 Å². The number of hydrogen-bond donors (Lipinski definition) is 2. The van der Waals surface area contributed by atoms with Crippen LogP contribution < -0.4 is 11.1 Å². The van der Waals surface area contributed by atoms with Crippen molar-refractivity contribution in [2.45, 2.75) is 6.92 Å². The molecule has 0 saturated carbocycles. The molecule has 0 aliphatic carbocycles. The van der Waals surface area contributed by atoms with Crippen LogP contribution in [0.3, 0.4) is 0 Å². The Morgan fingerprint density at radius 1 is 1.42 bits per heavy atom. The first kappa shape index (κ1) is 11.7. The summed E-state index contributed by atoms with van der Waals surface area (Å²) < 4.78 is 9.44. The molecule has 0 aliphatic heterocycles. The van der Waals surface area contributed by atoms with Crippen LogP contribution in [-0.4, -0.2) is 15.3 Å². The highest BCUT2D eigenvalue weighted by Crippen LogP contribution is 2.22. The number of amides is 1. The number of anilines is 2. The summed E-state index contributed by atoms with van der Waals surface area (Å²) in [6.07, 6.45) is 0. The molecule has 0 spiro atoms. The summed E-state index contributed by atoms with van der Waals surface area (Å²) in [6.45, 7) is 1.76. The lowest BCUT2D eigenvalue weighted by molar-refractivity contribution is 0.0998. The molecule has 0 unspecified atom stereocenters. The molecule has 0 fully saturated rings. The fourth-order valence-electron chi connectivity index (χ4n) is 1.68. The molecule has 1 aromatic carbocycles. The molecule has 1 amide bonds. The third-order valence-corrected chi connectivity index (χ3v) is 3.23. The number of nitrogens with zero attached hydrogens (tertiary/aromatic N) is 2. The van der Waals surface area contributed by atoms with Gasteiger partial charge in [-0.15, -0.1) is 0 Å². The van der Waals surface area contributed by atoms with Gasteiger partial charge in [0.05, 0.1) is 0 Å². The van der Waals surface area contributed by atoms with Gasteiger partial charge in [0.2, 0.25) is 5.13 Å². The quantitative estimate of drug-likeness (QED) is 0.700. The largest absolute Gasteiger partial charge is 0.451 e. The van der Waals surface area contributed by atoms with Gasteiger partial charge in [-0.25, -0.2) is 4.98 Å². The summed E-state index contributed by atoms with van der Waals surface area (Å²) >= 11 is 1.13. The lowest BCUT2D eigenvalue weighted by atomic mass is 10.2. The van der Waals surface area contributed by atoms with E-state index in [4.69, 9.17) is 10.2 Å². The van der Waals surface area contributed by atoms with E-state index in [1.165, 1.54) is 0 Å². The Morgan fingerprint density at radius 2 is 2.26 bits per heavy atom.